The molecule has 0 unspecified atom stereocenters. The third-order valence-electron chi connectivity index (χ3n) is 6.00. The first-order valence-electron chi connectivity index (χ1n) is 9.65. The molecule has 0 spiro atoms. The zero-order valence-electron chi connectivity index (χ0n) is 16.0. The predicted molar refractivity (Wildman–Crippen MR) is 103 cm³/mol. The van der Waals surface area contributed by atoms with Gasteiger partial charge in [0.1, 0.15) is 0 Å². The summed E-state index contributed by atoms with van der Waals surface area (Å²) in [6.45, 7) is 0. The molecule has 148 valence electrons. The van der Waals surface area contributed by atoms with E-state index in [2.05, 4.69) is 4.72 Å². The van der Waals surface area contributed by atoms with E-state index in [4.69, 9.17) is 0 Å². The van der Waals surface area contributed by atoms with Gasteiger partial charge in [-0.3, -0.25) is 9.59 Å². The second kappa shape index (κ2) is 8.00. The fraction of sp³-hybridized carbons (Fsp3) is 0.600. The molecule has 2 aliphatic rings. The van der Waals surface area contributed by atoms with E-state index in [1.54, 1.807) is 14.1 Å². The number of nitrogens with zero attached hydrogens (tertiary/aromatic N) is 1. The van der Waals surface area contributed by atoms with Crippen LogP contribution in [0.4, 0.5) is 0 Å². The van der Waals surface area contributed by atoms with Gasteiger partial charge in [-0.15, -0.1) is 0 Å². The smallest absolute Gasteiger partial charge is 0.264 e. The van der Waals surface area contributed by atoms with E-state index in [0.29, 0.717) is 23.3 Å². The van der Waals surface area contributed by atoms with Gasteiger partial charge >= 0.3 is 0 Å². The average molecular weight is 393 g/mol. The molecule has 2 fully saturated rings. The van der Waals surface area contributed by atoms with Crippen molar-refractivity contribution in [3.63, 3.8) is 0 Å². The molecule has 0 radical (unpaired) electrons. The fourth-order valence-corrected chi connectivity index (χ4v) is 4.95. The molecule has 3 rings (SSSR count). The number of nitrogens with one attached hydrogen (secondary N) is 1. The summed E-state index contributed by atoms with van der Waals surface area (Å²) in [6, 6.07) is 5.66. The van der Waals surface area contributed by atoms with Gasteiger partial charge < -0.3 is 4.90 Å². The van der Waals surface area contributed by atoms with Crippen LogP contribution in [0.1, 0.15) is 55.3 Å². The van der Waals surface area contributed by atoms with E-state index < -0.39 is 15.9 Å². The van der Waals surface area contributed by atoms with Crippen molar-refractivity contribution >= 4 is 21.8 Å². The van der Waals surface area contributed by atoms with Gasteiger partial charge in [-0.25, -0.2) is 13.1 Å². The summed E-state index contributed by atoms with van der Waals surface area (Å²) in [5.41, 5.74) is 0.403. The Hall–Kier alpha value is -1.89. The van der Waals surface area contributed by atoms with Gasteiger partial charge in [0.05, 0.1) is 4.90 Å². The summed E-state index contributed by atoms with van der Waals surface area (Å²) in [6.07, 6.45) is 7.33. The van der Waals surface area contributed by atoms with Crippen molar-refractivity contribution in [2.75, 3.05) is 14.1 Å². The first kappa shape index (κ1) is 19.9. The zero-order chi connectivity index (χ0) is 19.6. The van der Waals surface area contributed by atoms with Crippen molar-refractivity contribution in [3.8, 4) is 0 Å². The topological polar surface area (TPSA) is 83.6 Å². The quantitative estimate of drug-likeness (QED) is 0.773. The Bertz CT molecular complexity index is 780. The normalized spacial score (nSPS) is 17.9. The fourth-order valence-electron chi connectivity index (χ4n) is 3.95. The van der Waals surface area contributed by atoms with E-state index in [9.17, 15) is 18.0 Å². The van der Waals surface area contributed by atoms with Crippen molar-refractivity contribution in [2.24, 2.45) is 17.8 Å². The Morgan fingerprint density at radius 3 is 1.96 bits per heavy atom. The summed E-state index contributed by atoms with van der Waals surface area (Å²) in [7, 11) is -0.656. The lowest BCUT2D eigenvalue weighted by atomic mass is 9.63. The van der Waals surface area contributed by atoms with Crippen LogP contribution in [0.25, 0.3) is 0 Å². The van der Waals surface area contributed by atoms with Gasteiger partial charge in [0.15, 0.2) is 0 Å². The van der Waals surface area contributed by atoms with Gasteiger partial charge in [0.2, 0.25) is 5.91 Å². The summed E-state index contributed by atoms with van der Waals surface area (Å²) < 4.78 is 27.3. The summed E-state index contributed by atoms with van der Waals surface area (Å²) >= 11 is 0. The second-order valence-corrected chi connectivity index (χ2v) is 9.68. The number of hydrogen-bond donors (Lipinski definition) is 1. The monoisotopic (exact) mass is 392 g/mol. The standard InChI is InChI=1S/C20H28N2O4S/c1-22(2)20(24)16-9-11-17(12-10-16)27(25,26)21-19(23)13-18(14-5-3-6-14)15-7-4-8-15/h9-12,14-15,18H,3-8,13H2,1-2H3,(H,21,23). The van der Waals surface area contributed by atoms with Crippen molar-refractivity contribution < 1.29 is 18.0 Å². The van der Waals surface area contributed by atoms with Crippen LogP contribution in [0.2, 0.25) is 0 Å². The highest BCUT2D eigenvalue weighted by Gasteiger charge is 2.37. The van der Waals surface area contributed by atoms with Crippen LogP contribution in [0.3, 0.4) is 0 Å². The second-order valence-electron chi connectivity index (χ2n) is 8.00. The molecule has 1 aromatic carbocycles. The Balaban J connectivity index is 1.64. The molecule has 27 heavy (non-hydrogen) atoms. The number of carbonyl (C=O) groups excluding carboxylic acids is 2. The maximum atomic E-state index is 12.5. The van der Waals surface area contributed by atoms with Crippen LogP contribution in [0, 0.1) is 17.8 Å². The molecule has 2 amide bonds. The number of rotatable bonds is 7. The van der Waals surface area contributed by atoms with Gasteiger partial charge in [-0.1, -0.05) is 38.5 Å². The number of hydrogen-bond acceptors (Lipinski definition) is 4. The van der Waals surface area contributed by atoms with Gasteiger partial charge in [-0.2, -0.15) is 0 Å². The minimum Gasteiger partial charge on any atom is -0.345 e. The molecule has 1 aromatic rings. The highest BCUT2D eigenvalue weighted by molar-refractivity contribution is 7.90. The molecule has 0 atom stereocenters. The lowest BCUT2D eigenvalue weighted by Gasteiger charge is -2.42. The Labute approximate surface area is 161 Å². The maximum absolute atomic E-state index is 12.5. The Morgan fingerprint density at radius 2 is 1.56 bits per heavy atom. The van der Waals surface area contributed by atoms with Crippen molar-refractivity contribution in [3.05, 3.63) is 29.8 Å². The molecule has 0 heterocycles. The summed E-state index contributed by atoms with van der Waals surface area (Å²) in [4.78, 5) is 25.8. The van der Waals surface area contributed by atoms with E-state index in [0.717, 1.165) is 25.7 Å². The molecule has 2 saturated carbocycles. The maximum Gasteiger partial charge on any atom is 0.264 e. The Kier molecular flexibility index (Phi) is 5.89. The minimum atomic E-state index is -3.92. The number of benzene rings is 1. The predicted octanol–water partition coefficient (Wildman–Crippen LogP) is 2.80. The van der Waals surface area contributed by atoms with Crippen molar-refractivity contribution in [1.29, 1.82) is 0 Å². The third-order valence-corrected chi connectivity index (χ3v) is 7.39. The zero-order valence-corrected chi connectivity index (χ0v) is 16.8. The molecule has 7 heteroatoms. The number of sulfonamides is 1. The Morgan fingerprint density at radius 1 is 1.04 bits per heavy atom. The van der Waals surface area contributed by atoms with Crippen molar-refractivity contribution in [1.82, 2.24) is 9.62 Å². The number of carbonyl (C=O) groups is 2. The molecule has 2 aliphatic carbocycles. The molecular weight excluding hydrogens is 364 g/mol. The first-order chi connectivity index (χ1) is 12.8. The lowest BCUT2D eigenvalue weighted by molar-refractivity contribution is -0.122. The van der Waals surface area contributed by atoms with Crippen LogP contribution < -0.4 is 4.72 Å². The van der Waals surface area contributed by atoms with Crippen LogP contribution in [0.5, 0.6) is 0 Å². The highest BCUT2D eigenvalue weighted by atomic mass is 32.2. The SMILES string of the molecule is CN(C)C(=O)c1ccc(S(=O)(=O)NC(=O)CC(C2CCC2)C2CCC2)cc1. The van der Waals surface area contributed by atoms with E-state index in [-0.39, 0.29) is 17.2 Å². The molecule has 0 bridgehead atoms. The van der Waals surface area contributed by atoms with Crippen molar-refractivity contribution in [2.45, 2.75) is 49.8 Å². The summed E-state index contributed by atoms with van der Waals surface area (Å²) in [5.74, 6) is 0.821. The van der Waals surface area contributed by atoms with Gasteiger partial charge in [0.25, 0.3) is 15.9 Å². The van der Waals surface area contributed by atoms with Gasteiger partial charge in [0, 0.05) is 26.1 Å². The van der Waals surface area contributed by atoms with E-state index in [1.807, 2.05) is 0 Å². The molecule has 0 aliphatic heterocycles. The van der Waals surface area contributed by atoms with Crippen LogP contribution in [0.15, 0.2) is 29.2 Å². The molecule has 0 aromatic heterocycles. The molecule has 6 nitrogen and oxygen atoms in total. The third kappa shape index (κ3) is 4.51. The van der Waals surface area contributed by atoms with Crippen LogP contribution in [-0.2, 0) is 14.8 Å². The molecule has 0 saturated heterocycles. The van der Waals surface area contributed by atoms with Crippen LogP contribution in [-0.4, -0.2) is 39.2 Å². The lowest BCUT2D eigenvalue weighted by Crippen LogP contribution is -2.38. The highest BCUT2D eigenvalue weighted by Crippen LogP contribution is 2.45. The summed E-state index contributed by atoms with van der Waals surface area (Å²) in [5, 5.41) is 0. The van der Waals surface area contributed by atoms with E-state index >= 15 is 0 Å². The molecule has 1 N–H and O–H groups in total. The minimum absolute atomic E-state index is 0.00463. The van der Waals surface area contributed by atoms with Gasteiger partial charge in [-0.05, 0) is 42.0 Å². The first-order valence-corrected chi connectivity index (χ1v) is 11.1. The van der Waals surface area contributed by atoms with Crippen LogP contribution >= 0.6 is 0 Å². The molecular formula is C20H28N2O4S. The number of amides is 2. The van der Waals surface area contributed by atoms with E-state index in [1.165, 1.54) is 42.0 Å². The largest absolute Gasteiger partial charge is 0.345 e. The average Bonchev–Trinajstić information content (AvgIpc) is 2.50.